The molecule has 1 N–H and O–H groups in total. The van der Waals surface area contributed by atoms with Crippen LogP contribution >= 0.6 is 0 Å². The van der Waals surface area contributed by atoms with E-state index in [-0.39, 0.29) is 0 Å². The van der Waals surface area contributed by atoms with Crippen LogP contribution in [0.3, 0.4) is 0 Å². The quantitative estimate of drug-likeness (QED) is 0.863. The zero-order valence-electron chi connectivity index (χ0n) is 15.1. The average Bonchev–Trinajstić information content (AvgIpc) is 3.41. The number of carboxylic acids is 1. The molecule has 0 spiro atoms. The lowest BCUT2D eigenvalue weighted by Gasteiger charge is -2.38. The van der Waals surface area contributed by atoms with Crippen molar-refractivity contribution in [2.45, 2.75) is 43.7 Å². The number of carboxylic acid groups (broad SMARTS) is 1. The zero-order chi connectivity index (χ0) is 18.1. The van der Waals surface area contributed by atoms with E-state index in [1.54, 1.807) is 0 Å². The molecular formula is C20H25N3O3. The maximum absolute atomic E-state index is 11.9. The van der Waals surface area contributed by atoms with Gasteiger partial charge >= 0.3 is 5.97 Å². The first-order valence-corrected chi connectivity index (χ1v) is 9.28. The molecule has 138 valence electrons. The number of aryl methyl sites for hydroxylation is 1. The summed E-state index contributed by atoms with van der Waals surface area (Å²) in [6, 6.07) is 9.25. The maximum Gasteiger partial charge on any atom is 0.348 e. The second kappa shape index (κ2) is 6.76. The van der Waals surface area contributed by atoms with Crippen molar-refractivity contribution in [1.82, 2.24) is 14.7 Å². The molecule has 0 radical (unpaired) electrons. The first kappa shape index (κ1) is 17.1. The number of hydrogen-bond acceptors (Lipinski definition) is 4. The Morgan fingerprint density at radius 3 is 2.58 bits per heavy atom. The normalized spacial score (nSPS) is 20.0. The number of para-hydroxylation sites is 1. The number of hydrogen-bond donors (Lipinski definition) is 1. The molecule has 0 bridgehead atoms. The minimum Gasteiger partial charge on any atom is -0.478 e. The van der Waals surface area contributed by atoms with Gasteiger partial charge in [0.25, 0.3) is 0 Å². The molecule has 0 atom stereocenters. The van der Waals surface area contributed by atoms with E-state index < -0.39 is 11.6 Å². The van der Waals surface area contributed by atoms with Gasteiger partial charge in [0.1, 0.15) is 5.75 Å². The van der Waals surface area contributed by atoms with Crippen LogP contribution in [0.2, 0.25) is 0 Å². The molecule has 2 heterocycles. The largest absolute Gasteiger partial charge is 0.478 e. The van der Waals surface area contributed by atoms with Gasteiger partial charge in [0.15, 0.2) is 0 Å². The molecule has 0 amide bonds. The van der Waals surface area contributed by atoms with E-state index in [2.05, 4.69) is 10.00 Å². The standard InChI is InChI=1S/C20H25N3O3/c1-22-18(15-7-8-15)16(13-21-22)14-23-11-9-20(10-12-23,19(24)25)26-17-5-3-2-4-6-17/h2-6,13,15H,7-12,14H2,1H3,(H,24,25). The number of piperidine rings is 1. The summed E-state index contributed by atoms with van der Waals surface area (Å²) >= 11 is 0. The fraction of sp³-hybridized carbons (Fsp3) is 0.500. The molecule has 26 heavy (non-hydrogen) atoms. The van der Waals surface area contributed by atoms with Crippen molar-refractivity contribution < 1.29 is 14.6 Å². The van der Waals surface area contributed by atoms with Crippen LogP contribution in [0.4, 0.5) is 0 Å². The predicted octanol–water partition coefficient (Wildman–Crippen LogP) is 2.80. The Hall–Kier alpha value is -2.34. The van der Waals surface area contributed by atoms with Crippen LogP contribution in [-0.4, -0.2) is 44.4 Å². The summed E-state index contributed by atoms with van der Waals surface area (Å²) in [7, 11) is 2.01. The molecule has 1 aliphatic carbocycles. The molecule has 1 aromatic carbocycles. The second-order valence-corrected chi connectivity index (χ2v) is 7.44. The summed E-state index contributed by atoms with van der Waals surface area (Å²) in [6.45, 7) is 2.25. The number of carbonyl (C=O) groups is 1. The number of benzene rings is 1. The van der Waals surface area contributed by atoms with E-state index in [0.29, 0.717) is 37.6 Å². The van der Waals surface area contributed by atoms with Gasteiger partial charge in [0.2, 0.25) is 5.60 Å². The Kier molecular flexibility index (Phi) is 4.44. The summed E-state index contributed by atoms with van der Waals surface area (Å²) < 4.78 is 7.93. The molecule has 6 heteroatoms. The Morgan fingerprint density at radius 2 is 1.96 bits per heavy atom. The van der Waals surface area contributed by atoms with Crippen molar-refractivity contribution in [3.05, 3.63) is 47.8 Å². The smallest absolute Gasteiger partial charge is 0.348 e. The highest BCUT2D eigenvalue weighted by Gasteiger charge is 2.44. The van der Waals surface area contributed by atoms with Gasteiger partial charge < -0.3 is 9.84 Å². The summed E-state index contributed by atoms with van der Waals surface area (Å²) in [5, 5.41) is 14.2. The third-order valence-corrected chi connectivity index (χ3v) is 5.53. The number of rotatable bonds is 6. The fourth-order valence-electron chi connectivity index (χ4n) is 3.88. The minimum atomic E-state index is -1.13. The van der Waals surface area contributed by atoms with Crippen LogP contribution in [0.25, 0.3) is 0 Å². The predicted molar refractivity (Wildman–Crippen MR) is 97.1 cm³/mol. The van der Waals surface area contributed by atoms with Gasteiger partial charge in [-0.25, -0.2) is 4.79 Å². The highest BCUT2D eigenvalue weighted by Crippen LogP contribution is 2.42. The molecule has 1 saturated heterocycles. The molecule has 0 unspecified atom stereocenters. The van der Waals surface area contributed by atoms with E-state index in [1.807, 2.05) is 48.3 Å². The van der Waals surface area contributed by atoms with E-state index in [9.17, 15) is 9.90 Å². The van der Waals surface area contributed by atoms with Crippen LogP contribution in [0.5, 0.6) is 5.75 Å². The number of ether oxygens (including phenoxy) is 1. The molecule has 1 saturated carbocycles. The van der Waals surface area contributed by atoms with Crippen molar-refractivity contribution in [2.75, 3.05) is 13.1 Å². The van der Waals surface area contributed by atoms with Crippen molar-refractivity contribution >= 4 is 5.97 Å². The Labute approximate surface area is 153 Å². The monoisotopic (exact) mass is 355 g/mol. The van der Waals surface area contributed by atoms with E-state index >= 15 is 0 Å². The van der Waals surface area contributed by atoms with E-state index in [0.717, 1.165) is 6.54 Å². The summed E-state index contributed by atoms with van der Waals surface area (Å²) in [6.07, 6.45) is 5.43. The molecule has 1 aliphatic heterocycles. The van der Waals surface area contributed by atoms with Crippen molar-refractivity contribution in [1.29, 1.82) is 0 Å². The first-order valence-electron chi connectivity index (χ1n) is 9.28. The Morgan fingerprint density at radius 1 is 1.27 bits per heavy atom. The van der Waals surface area contributed by atoms with Crippen LogP contribution in [0, 0.1) is 0 Å². The summed E-state index contributed by atoms with van der Waals surface area (Å²) in [5.74, 6) is 0.398. The summed E-state index contributed by atoms with van der Waals surface area (Å²) in [5.41, 5.74) is 1.49. The Balaban J connectivity index is 1.43. The maximum atomic E-state index is 11.9. The number of nitrogens with zero attached hydrogens (tertiary/aromatic N) is 3. The van der Waals surface area contributed by atoms with Gasteiger partial charge in [0, 0.05) is 56.7 Å². The highest BCUT2D eigenvalue weighted by molar-refractivity contribution is 5.78. The lowest BCUT2D eigenvalue weighted by molar-refractivity contribution is -0.159. The van der Waals surface area contributed by atoms with Crippen molar-refractivity contribution in [3.8, 4) is 5.75 Å². The number of aromatic nitrogens is 2. The summed E-state index contributed by atoms with van der Waals surface area (Å²) in [4.78, 5) is 14.3. The topological polar surface area (TPSA) is 67.6 Å². The number of likely N-dealkylation sites (tertiary alicyclic amines) is 1. The van der Waals surface area contributed by atoms with Gasteiger partial charge in [-0.3, -0.25) is 9.58 Å². The lowest BCUT2D eigenvalue weighted by atomic mass is 9.90. The van der Waals surface area contributed by atoms with Gasteiger partial charge in [-0.15, -0.1) is 0 Å². The van der Waals surface area contributed by atoms with Gasteiger partial charge in [-0.05, 0) is 25.0 Å². The highest BCUT2D eigenvalue weighted by atomic mass is 16.5. The van der Waals surface area contributed by atoms with Crippen LogP contribution in [0.1, 0.15) is 42.9 Å². The number of aliphatic carboxylic acids is 1. The van der Waals surface area contributed by atoms with E-state index in [1.165, 1.54) is 24.1 Å². The molecular weight excluding hydrogens is 330 g/mol. The lowest BCUT2D eigenvalue weighted by Crippen LogP contribution is -2.53. The van der Waals surface area contributed by atoms with Crippen LogP contribution in [-0.2, 0) is 18.4 Å². The first-order chi connectivity index (χ1) is 12.6. The molecule has 6 nitrogen and oxygen atoms in total. The zero-order valence-corrected chi connectivity index (χ0v) is 15.1. The van der Waals surface area contributed by atoms with Crippen molar-refractivity contribution in [3.63, 3.8) is 0 Å². The third kappa shape index (κ3) is 3.33. The van der Waals surface area contributed by atoms with Crippen LogP contribution < -0.4 is 4.74 Å². The van der Waals surface area contributed by atoms with Gasteiger partial charge in [0.05, 0.1) is 6.20 Å². The Bertz CT molecular complexity index is 775. The molecule has 4 rings (SSSR count). The van der Waals surface area contributed by atoms with E-state index in [4.69, 9.17) is 4.74 Å². The van der Waals surface area contributed by atoms with Gasteiger partial charge in [-0.2, -0.15) is 5.10 Å². The molecule has 2 fully saturated rings. The van der Waals surface area contributed by atoms with Gasteiger partial charge in [-0.1, -0.05) is 18.2 Å². The SMILES string of the molecule is Cn1ncc(CN2CCC(Oc3ccccc3)(C(=O)O)CC2)c1C1CC1. The minimum absolute atomic E-state index is 0.482. The third-order valence-electron chi connectivity index (χ3n) is 5.53. The fourth-order valence-corrected chi connectivity index (χ4v) is 3.88. The van der Waals surface area contributed by atoms with Crippen LogP contribution in [0.15, 0.2) is 36.5 Å². The molecule has 2 aliphatic rings. The average molecular weight is 355 g/mol. The molecule has 2 aromatic rings. The van der Waals surface area contributed by atoms with Crippen molar-refractivity contribution in [2.24, 2.45) is 7.05 Å². The molecule has 1 aromatic heterocycles. The second-order valence-electron chi connectivity index (χ2n) is 7.44.